The predicted molar refractivity (Wildman–Crippen MR) is 49.4 cm³/mol. The lowest BCUT2D eigenvalue weighted by atomic mass is 9.84. The van der Waals surface area contributed by atoms with Crippen molar-refractivity contribution >= 4 is 0 Å². The zero-order valence-electron chi connectivity index (χ0n) is 7.64. The van der Waals surface area contributed by atoms with Crippen LogP contribution in [0.2, 0.25) is 0 Å². The molecular weight excluding hydrogens is 134 g/mol. The highest BCUT2D eigenvalue weighted by molar-refractivity contribution is 5.01. The number of hydrogen-bond acceptors (Lipinski definition) is 1. The van der Waals surface area contributed by atoms with Crippen molar-refractivity contribution in [1.29, 1.82) is 0 Å². The Labute approximate surface area is 69.7 Å². The van der Waals surface area contributed by atoms with E-state index < -0.39 is 0 Å². The SMILES string of the molecule is CC(C)=CC1CCCCC1N. The molecule has 0 aromatic heterocycles. The number of hydrogen-bond donors (Lipinski definition) is 1. The van der Waals surface area contributed by atoms with E-state index in [9.17, 15) is 0 Å². The second-order valence-electron chi connectivity index (χ2n) is 3.86. The van der Waals surface area contributed by atoms with Crippen molar-refractivity contribution in [2.75, 3.05) is 0 Å². The average Bonchev–Trinajstić information content (AvgIpc) is 1.93. The largest absolute Gasteiger partial charge is 0.327 e. The van der Waals surface area contributed by atoms with E-state index in [1.54, 1.807) is 0 Å². The van der Waals surface area contributed by atoms with E-state index >= 15 is 0 Å². The molecule has 0 heterocycles. The standard InChI is InChI=1S/C10H19N/c1-8(2)7-9-5-3-4-6-10(9)11/h7,9-10H,3-6,11H2,1-2H3. The summed E-state index contributed by atoms with van der Waals surface area (Å²) in [5, 5.41) is 0. The lowest BCUT2D eigenvalue weighted by Crippen LogP contribution is -2.31. The van der Waals surface area contributed by atoms with Crippen LogP contribution in [0, 0.1) is 5.92 Å². The lowest BCUT2D eigenvalue weighted by Gasteiger charge is -2.26. The molecule has 2 unspecified atom stereocenters. The van der Waals surface area contributed by atoms with Gasteiger partial charge in [-0.05, 0) is 32.6 Å². The van der Waals surface area contributed by atoms with E-state index in [-0.39, 0.29) is 0 Å². The quantitative estimate of drug-likeness (QED) is 0.575. The van der Waals surface area contributed by atoms with E-state index in [0.29, 0.717) is 12.0 Å². The Morgan fingerprint density at radius 1 is 1.27 bits per heavy atom. The number of allylic oxidation sites excluding steroid dienone is 1. The molecule has 1 aliphatic carbocycles. The third kappa shape index (κ3) is 2.66. The first kappa shape index (κ1) is 8.79. The van der Waals surface area contributed by atoms with Crippen LogP contribution < -0.4 is 5.73 Å². The first-order valence-corrected chi connectivity index (χ1v) is 4.61. The Morgan fingerprint density at radius 3 is 2.45 bits per heavy atom. The van der Waals surface area contributed by atoms with Gasteiger partial charge in [0.05, 0.1) is 0 Å². The first-order valence-electron chi connectivity index (χ1n) is 4.61. The Hall–Kier alpha value is -0.300. The van der Waals surface area contributed by atoms with Gasteiger partial charge in [0.15, 0.2) is 0 Å². The second-order valence-corrected chi connectivity index (χ2v) is 3.86. The minimum absolute atomic E-state index is 0.429. The van der Waals surface area contributed by atoms with Crippen molar-refractivity contribution in [2.45, 2.75) is 45.6 Å². The Bertz CT molecular complexity index is 145. The highest BCUT2D eigenvalue weighted by Gasteiger charge is 2.18. The van der Waals surface area contributed by atoms with Crippen molar-refractivity contribution in [3.63, 3.8) is 0 Å². The molecule has 0 radical (unpaired) electrons. The van der Waals surface area contributed by atoms with E-state index in [4.69, 9.17) is 5.73 Å². The molecule has 0 saturated heterocycles. The molecular formula is C10H19N. The Balaban J connectivity index is 2.48. The summed E-state index contributed by atoms with van der Waals surface area (Å²) in [5.74, 6) is 0.661. The highest BCUT2D eigenvalue weighted by atomic mass is 14.6. The maximum Gasteiger partial charge on any atom is 0.0102 e. The van der Waals surface area contributed by atoms with Crippen LogP contribution in [0.4, 0.5) is 0 Å². The molecule has 11 heavy (non-hydrogen) atoms. The van der Waals surface area contributed by atoms with Crippen LogP contribution in [-0.4, -0.2) is 6.04 Å². The van der Waals surface area contributed by atoms with Crippen molar-refractivity contribution in [1.82, 2.24) is 0 Å². The van der Waals surface area contributed by atoms with Crippen molar-refractivity contribution in [3.05, 3.63) is 11.6 Å². The zero-order valence-corrected chi connectivity index (χ0v) is 7.64. The van der Waals surface area contributed by atoms with Gasteiger partial charge in [-0.15, -0.1) is 0 Å². The molecule has 0 amide bonds. The Morgan fingerprint density at radius 2 is 1.91 bits per heavy atom. The molecule has 2 atom stereocenters. The lowest BCUT2D eigenvalue weighted by molar-refractivity contribution is 0.360. The van der Waals surface area contributed by atoms with Crippen LogP contribution in [0.3, 0.4) is 0 Å². The molecule has 1 rings (SSSR count). The van der Waals surface area contributed by atoms with Crippen LogP contribution in [0.1, 0.15) is 39.5 Å². The molecule has 1 heteroatoms. The van der Waals surface area contributed by atoms with Gasteiger partial charge in [-0.1, -0.05) is 24.5 Å². The summed E-state index contributed by atoms with van der Waals surface area (Å²) in [4.78, 5) is 0. The molecule has 0 spiro atoms. The zero-order chi connectivity index (χ0) is 8.27. The maximum atomic E-state index is 5.98. The summed E-state index contributed by atoms with van der Waals surface area (Å²) in [7, 11) is 0. The second kappa shape index (κ2) is 3.91. The third-order valence-electron chi connectivity index (χ3n) is 2.42. The smallest absolute Gasteiger partial charge is 0.0102 e. The summed E-state index contributed by atoms with van der Waals surface area (Å²) in [6, 6.07) is 0.429. The van der Waals surface area contributed by atoms with Gasteiger partial charge >= 0.3 is 0 Å². The topological polar surface area (TPSA) is 26.0 Å². The van der Waals surface area contributed by atoms with Gasteiger partial charge in [-0.2, -0.15) is 0 Å². The van der Waals surface area contributed by atoms with Crippen molar-refractivity contribution in [3.8, 4) is 0 Å². The summed E-state index contributed by atoms with van der Waals surface area (Å²) in [6.07, 6.45) is 7.54. The molecule has 1 saturated carbocycles. The van der Waals surface area contributed by atoms with Gasteiger partial charge in [0, 0.05) is 6.04 Å². The summed E-state index contributed by atoms with van der Waals surface area (Å²) < 4.78 is 0. The third-order valence-corrected chi connectivity index (χ3v) is 2.42. The van der Waals surface area contributed by atoms with Gasteiger partial charge in [-0.25, -0.2) is 0 Å². The fraction of sp³-hybridized carbons (Fsp3) is 0.800. The van der Waals surface area contributed by atoms with Crippen molar-refractivity contribution < 1.29 is 0 Å². The van der Waals surface area contributed by atoms with E-state index in [2.05, 4.69) is 19.9 Å². The predicted octanol–water partition coefficient (Wildman–Crippen LogP) is 2.47. The fourth-order valence-corrected chi connectivity index (χ4v) is 1.82. The molecule has 2 N–H and O–H groups in total. The molecule has 64 valence electrons. The first-order chi connectivity index (χ1) is 5.20. The summed E-state index contributed by atoms with van der Waals surface area (Å²) in [6.45, 7) is 4.31. The van der Waals surface area contributed by atoms with Crippen LogP contribution in [-0.2, 0) is 0 Å². The molecule has 0 aromatic carbocycles. The van der Waals surface area contributed by atoms with Gasteiger partial charge in [-0.3, -0.25) is 0 Å². The van der Waals surface area contributed by atoms with Gasteiger partial charge in [0.2, 0.25) is 0 Å². The molecule has 0 bridgehead atoms. The highest BCUT2D eigenvalue weighted by Crippen LogP contribution is 2.24. The van der Waals surface area contributed by atoms with Crippen molar-refractivity contribution in [2.24, 2.45) is 11.7 Å². The van der Waals surface area contributed by atoms with Gasteiger partial charge in [0.1, 0.15) is 0 Å². The summed E-state index contributed by atoms with van der Waals surface area (Å²) in [5.41, 5.74) is 7.39. The van der Waals surface area contributed by atoms with Crippen LogP contribution >= 0.6 is 0 Å². The molecule has 1 fully saturated rings. The fourth-order valence-electron chi connectivity index (χ4n) is 1.82. The van der Waals surface area contributed by atoms with Crippen LogP contribution in [0.25, 0.3) is 0 Å². The minimum atomic E-state index is 0.429. The molecule has 0 aliphatic heterocycles. The van der Waals surface area contributed by atoms with Gasteiger partial charge in [0.25, 0.3) is 0 Å². The number of nitrogens with two attached hydrogens (primary N) is 1. The van der Waals surface area contributed by atoms with Crippen LogP contribution in [0.5, 0.6) is 0 Å². The molecule has 1 aliphatic rings. The Kier molecular flexibility index (Phi) is 3.13. The van der Waals surface area contributed by atoms with E-state index in [0.717, 1.165) is 0 Å². The van der Waals surface area contributed by atoms with E-state index in [1.165, 1.54) is 31.3 Å². The average molecular weight is 153 g/mol. The molecule has 0 aromatic rings. The normalized spacial score (nSPS) is 31.5. The summed E-state index contributed by atoms with van der Waals surface area (Å²) >= 11 is 0. The monoisotopic (exact) mass is 153 g/mol. The van der Waals surface area contributed by atoms with E-state index in [1.807, 2.05) is 0 Å². The molecule has 1 nitrogen and oxygen atoms in total. The van der Waals surface area contributed by atoms with Gasteiger partial charge < -0.3 is 5.73 Å². The minimum Gasteiger partial charge on any atom is -0.327 e. The number of rotatable bonds is 1. The maximum absolute atomic E-state index is 5.98. The van der Waals surface area contributed by atoms with Crippen LogP contribution in [0.15, 0.2) is 11.6 Å².